The van der Waals surface area contributed by atoms with Gasteiger partial charge in [-0.25, -0.2) is 4.98 Å². The number of rotatable bonds is 2. The smallest absolute Gasteiger partial charge is 0.261 e. The maximum absolute atomic E-state index is 11.8. The van der Waals surface area contributed by atoms with E-state index in [1.165, 1.54) is 10.6 Å². The minimum atomic E-state index is -0.537. The van der Waals surface area contributed by atoms with Gasteiger partial charge in [0.25, 0.3) is 5.56 Å². The first-order valence-electron chi connectivity index (χ1n) is 4.42. The third kappa shape index (κ3) is 1.71. The molecule has 0 spiro atoms. The number of carbonyl (C=O) groups is 1. The van der Waals surface area contributed by atoms with Gasteiger partial charge in [0.1, 0.15) is 5.65 Å². The third-order valence-corrected chi connectivity index (χ3v) is 2.05. The molecule has 0 unspecified atom stereocenters. The Labute approximate surface area is 85.2 Å². The number of amides is 1. The number of aromatic nitrogens is 2. The Hall–Kier alpha value is -2.17. The molecule has 0 atom stereocenters. The fourth-order valence-electron chi connectivity index (χ4n) is 1.37. The topological polar surface area (TPSA) is 77.5 Å². The molecular formula is C10H9N3O2. The number of hydrogen-bond acceptors (Lipinski definition) is 3. The third-order valence-electron chi connectivity index (χ3n) is 2.05. The van der Waals surface area contributed by atoms with Crippen molar-refractivity contribution in [3.8, 4) is 0 Å². The van der Waals surface area contributed by atoms with Gasteiger partial charge in [0.15, 0.2) is 0 Å². The van der Waals surface area contributed by atoms with Gasteiger partial charge in [-0.15, -0.1) is 0 Å². The molecule has 2 N–H and O–H groups in total. The highest BCUT2D eigenvalue weighted by Gasteiger charge is 2.06. The van der Waals surface area contributed by atoms with Gasteiger partial charge >= 0.3 is 0 Å². The van der Waals surface area contributed by atoms with E-state index in [1.807, 2.05) is 0 Å². The highest BCUT2D eigenvalue weighted by molar-refractivity contribution is 5.76. The Balaban J connectivity index is 2.65. The fourth-order valence-corrected chi connectivity index (χ4v) is 1.37. The summed E-state index contributed by atoms with van der Waals surface area (Å²) in [5.41, 5.74) is 5.63. The van der Waals surface area contributed by atoms with E-state index < -0.39 is 5.91 Å². The van der Waals surface area contributed by atoms with Crippen molar-refractivity contribution in [2.75, 3.05) is 0 Å². The SMILES string of the molecule is NC(=O)Cc1cnc2ccccn2c1=O. The first kappa shape index (κ1) is 9.39. The average molecular weight is 203 g/mol. The van der Waals surface area contributed by atoms with Gasteiger partial charge in [0, 0.05) is 18.0 Å². The van der Waals surface area contributed by atoms with Gasteiger partial charge in [0.2, 0.25) is 5.91 Å². The molecule has 76 valence electrons. The van der Waals surface area contributed by atoms with Gasteiger partial charge in [-0.3, -0.25) is 14.0 Å². The summed E-state index contributed by atoms with van der Waals surface area (Å²) in [4.78, 5) is 26.5. The average Bonchev–Trinajstić information content (AvgIpc) is 2.22. The lowest BCUT2D eigenvalue weighted by molar-refractivity contribution is -0.117. The van der Waals surface area contributed by atoms with Crippen LogP contribution in [0.2, 0.25) is 0 Å². The molecule has 0 saturated carbocycles. The summed E-state index contributed by atoms with van der Waals surface area (Å²) >= 11 is 0. The Kier molecular flexibility index (Phi) is 2.21. The van der Waals surface area contributed by atoms with Crippen LogP contribution < -0.4 is 11.3 Å². The van der Waals surface area contributed by atoms with Gasteiger partial charge < -0.3 is 5.73 Å². The quantitative estimate of drug-likeness (QED) is 0.729. The van der Waals surface area contributed by atoms with E-state index in [1.54, 1.807) is 24.4 Å². The summed E-state index contributed by atoms with van der Waals surface area (Å²) in [5, 5.41) is 0. The lowest BCUT2D eigenvalue weighted by atomic mass is 10.2. The number of nitrogens with two attached hydrogens (primary N) is 1. The minimum Gasteiger partial charge on any atom is -0.369 e. The molecule has 0 aliphatic heterocycles. The molecule has 0 radical (unpaired) electrons. The fraction of sp³-hybridized carbons (Fsp3) is 0.100. The molecule has 1 amide bonds. The van der Waals surface area contributed by atoms with Gasteiger partial charge in [-0.05, 0) is 12.1 Å². The lowest BCUT2D eigenvalue weighted by Crippen LogP contribution is -2.24. The maximum Gasteiger partial charge on any atom is 0.261 e. The van der Waals surface area contributed by atoms with Gasteiger partial charge in [-0.1, -0.05) is 6.07 Å². The summed E-state index contributed by atoms with van der Waals surface area (Å²) in [6, 6.07) is 5.23. The molecule has 0 aromatic carbocycles. The molecular weight excluding hydrogens is 194 g/mol. The standard InChI is InChI=1S/C10H9N3O2/c11-8(14)5-7-6-12-9-3-1-2-4-13(9)10(7)15/h1-4,6H,5H2,(H2,11,14). The lowest BCUT2D eigenvalue weighted by Gasteiger charge is -2.01. The van der Waals surface area contributed by atoms with Gasteiger partial charge in [-0.2, -0.15) is 0 Å². The minimum absolute atomic E-state index is 0.0797. The molecule has 0 aliphatic carbocycles. The summed E-state index contributed by atoms with van der Waals surface area (Å²) in [6.07, 6.45) is 2.92. The van der Waals surface area contributed by atoms with Crippen molar-refractivity contribution in [3.05, 3.63) is 46.5 Å². The van der Waals surface area contributed by atoms with E-state index in [9.17, 15) is 9.59 Å². The van der Waals surface area contributed by atoms with Crippen LogP contribution in [0.1, 0.15) is 5.56 Å². The van der Waals surface area contributed by atoms with Crippen molar-refractivity contribution < 1.29 is 4.79 Å². The Morgan fingerprint density at radius 1 is 1.47 bits per heavy atom. The first-order chi connectivity index (χ1) is 7.18. The van der Waals surface area contributed by atoms with Crippen molar-refractivity contribution in [1.29, 1.82) is 0 Å². The molecule has 2 heterocycles. The van der Waals surface area contributed by atoms with Crippen LogP contribution in [-0.4, -0.2) is 15.3 Å². The van der Waals surface area contributed by atoms with Crippen LogP contribution in [0, 0.1) is 0 Å². The van der Waals surface area contributed by atoms with E-state index in [2.05, 4.69) is 4.98 Å². The molecule has 2 aromatic rings. The van der Waals surface area contributed by atoms with Crippen LogP contribution in [0.3, 0.4) is 0 Å². The normalized spacial score (nSPS) is 10.4. The zero-order valence-corrected chi connectivity index (χ0v) is 7.88. The van der Waals surface area contributed by atoms with Crippen molar-refractivity contribution in [3.63, 3.8) is 0 Å². The van der Waals surface area contributed by atoms with Crippen LogP contribution in [-0.2, 0) is 11.2 Å². The molecule has 5 heteroatoms. The largest absolute Gasteiger partial charge is 0.369 e. The molecule has 5 nitrogen and oxygen atoms in total. The zero-order valence-electron chi connectivity index (χ0n) is 7.88. The number of fused-ring (bicyclic) bond motifs is 1. The summed E-state index contributed by atoms with van der Waals surface area (Å²) in [7, 11) is 0. The second-order valence-electron chi connectivity index (χ2n) is 3.16. The van der Waals surface area contributed by atoms with E-state index in [4.69, 9.17) is 5.73 Å². The van der Waals surface area contributed by atoms with Crippen molar-refractivity contribution in [2.24, 2.45) is 5.73 Å². The van der Waals surface area contributed by atoms with Crippen LogP contribution in [0.4, 0.5) is 0 Å². The maximum atomic E-state index is 11.8. The molecule has 2 aromatic heterocycles. The van der Waals surface area contributed by atoms with E-state index in [0.717, 1.165) is 0 Å². The van der Waals surface area contributed by atoms with E-state index in [0.29, 0.717) is 11.2 Å². The van der Waals surface area contributed by atoms with Crippen molar-refractivity contribution >= 4 is 11.6 Å². The Morgan fingerprint density at radius 2 is 2.27 bits per heavy atom. The van der Waals surface area contributed by atoms with Crippen molar-refractivity contribution in [2.45, 2.75) is 6.42 Å². The number of primary amides is 1. The van der Waals surface area contributed by atoms with Crippen LogP contribution in [0.25, 0.3) is 5.65 Å². The van der Waals surface area contributed by atoms with Crippen LogP contribution in [0.15, 0.2) is 35.4 Å². The molecule has 0 bridgehead atoms. The Morgan fingerprint density at radius 3 is 3.00 bits per heavy atom. The second-order valence-corrected chi connectivity index (χ2v) is 3.16. The predicted molar refractivity (Wildman–Crippen MR) is 54.4 cm³/mol. The summed E-state index contributed by atoms with van der Waals surface area (Å²) < 4.78 is 1.39. The number of pyridine rings is 1. The van der Waals surface area contributed by atoms with Crippen molar-refractivity contribution in [1.82, 2.24) is 9.38 Å². The molecule has 0 fully saturated rings. The number of nitrogens with zero attached hydrogens (tertiary/aromatic N) is 2. The van der Waals surface area contributed by atoms with Gasteiger partial charge in [0.05, 0.1) is 6.42 Å². The number of hydrogen-bond donors (Lipinski definition) is 1. The van der Waals surface area contributed by atoms with E-state index in [-0.39, 0.29) is 12.0 Å². The second kappa shape index (κ2) is 3.53. The zero-order chi connectivity index (χ0) is 10.8. The summed E-state index contributed by atoms with van der Waals surface area (Å²) in [6.45, 7) is 0. The first-order valence-corrected chi connectivity index (χ1v) is 4.42. The Bertz CT molecular complexity index is 574. The monoisotopic (exact) mass is 203 g/mol. The molecule has 0 saturated heterocycles. The highest BCUT2D eigenvalue weighted by atomic mass is 16.1. The van der Waals surface area contributed by atoms with Crippen LogP contribution >= 0.6 is 0 Å². The highest BCUT2D eigenvalue weighted by Crippen LogP contribution is 1.97. The van der Waals surface area contributed by atoms with Crippen LogP contribution in [0.5, 0.6) is 0 Å². The molecule has 2 rings (SSSR count). The molecule has 15 heavy (non-hydrogen) atoms. The molecule has 0 aliphatic rings. The number of carbonyl (C=O) groups excluding carboxylic acids is 1. The van der Waals surface area contributed by atoms with E-state index >= 15 is 0 Å². The predicted octanol–water partition coefficient (Wildman–Crippen LogP) is -0.278. The summed E-state index contributed by atoms with van der Waals surface area (Å²) in [5.74, 6) is -0.537.